The smallest absolute Gasteiger partial charge is 0.331 e. The fourth-order valence-corrected chi connectivity index (χ4v) is 2.85. The number of carbonyl (C=O) groups excluding carboxylic acids is 2. The lowest BCUT2D eigenvalue weighted by atomic mass is 10.2. The van der Waals surface area contributed by atoms with E-state index in [9.17, 15) is 9.59 Å². The van der Waals surface area contributed by atoms with Crippen molar-refractivity contribution >= 4 is 35.2 Å². The Morgan fingerprint density at radius 2 is 1.90 bits per heavy atom. The van der Waals surface area contributed by atoms with Gasteiger partial charge in [0, 0.05) is 23.2 Å². The Kier molecular flexibility index (Phi) is 6.77. The monoisotopic (exact) mass is 415 g/mol. The Labute approximate surface area is 174 Å². The summed E-state index contributed by atoms with van der Waals surface area (Å²) in [6.45, 7) is 4.55. The van der Waals surface area contributed by atoms with Crippen LogP contribution < -0.4 is 14.8 Å². The predicted molar refractivity (Wildman–Crippen MR) is 111 cm³/mol. The first-order chi connectivity index (χ1) is 13.9. The first kappa shape index (κ1) is 20.7. The molecule has 0 spiro atoms. The summed E-state index contributed by atoms with van der Waals surface area (Å²) < 4.78 is 16.4. The molecule has 0 unspecified atom stereocenters. The molecule has 2 aromatic rings. The van der Waals surface area contributed by atoms with Crippen LogP contribution in [0.2, 0.25) is 5.02 Å². The van der Waals surface area contributed by atoms with E-state index >= 15 is 0 Å². The average molecular weight is 416 g/mol. The number of rotatable bonds is 5. The molecule has 1 N–H and O–H groups in total. The third-order valence-electron chi connectivity index (χ3n) is 4.30. The summed E-state index contributed by atoms with van der Waals surface area (Å²) in [4.78, 5) is 24.4. The van der Waals surface area contributed by atoms with E-state index in [-0.39, 0.29) is 0 Å². The Morgan fingerprint density at radius 1 is 1.14 bits per heavy atom. The predicted octanol–water partition coefficient (Wildman–Crippen LogP) is 4.39. The van der Waals surface area contributed by atoms with Crippen LogP contribution in [0.5, 0.6) is 11.5 Å². The summed E-state index contributed by atoms with van der Waals surface area (Å²) in [6, 6.07) is 10.6. The average Bonchev–Trinajstić information content (AvgIpc) is 2.94. The van der Waals surface area contributed by atoms with E-state index < -0.39 is 18.0 Å². The van der Waals surface area contributed by atoms with Crippen LogP contribution in [0, 0.1) is 6.92 Å². The maximum Gasteiger partial charge on any atom is 0.331 e. The standard InChI is InChI=1S/C22H22ClNO5/c1-14-4-7-17(23)13-18(14)24-22(26)15(2)29-21(25)9-6-16-5-8-19-20(12-16)28-11-3-10-27-19/h4-9,12-13,15H,3,10-11H2,1-2H3,(H,24,26)/b9-6+/t15-/m1/s1. The highest BCUT2D eigenvalue weighted by Gasteiger charge is 2.17. The zero-order valence-electron chi connectivity index (χ0n) is 16.2. The summed E-state index contributed by atoms with van der Waals surface area (Å²) in [6.07, 6.45) is 2.73. The van der Waals surface area contributed by atoms with Gasteiger partial charge in [0.2, 0.25) is 0 Å². The second kappa shape index (κ2) is 9.47. The molecule has 0 radical (unpaired) electrons. The van der Waals surface area contributed by atoms with E-state index in [0.29, 0.717) is 35.4 Å². The highest BCUT2D eigenvalue weighted by atomic mass is 35.5. The van der Waals surface area contributed by atoms with Gasteiger partial charge in [-0.25, -0.2) is 4.79 Å². The SMILES string of the molecule is Cc1ccc(Cl)cc1NC(=O)[C@@H](C)OC(=O)/C=C/c1ccc2c(c1)OCCCO2. The largest absolute Gasteiger partial charge is 0.490 e. The summed E-state index contributed by atoms with van der Waals surface area (Å²) in [7, 11) is 0. The van der Waals surface area contributed by atoms with Crippen LogP contribution in [-0.4, -0.2) is 31.2 Å². The minimum atomic E-state index is -0.964. The van der Waals surface area contributed by atoms with Crippen LogP contribution in [0.1, 0.15) is 24.5 Å². The zero-order valence-corrected chi connectivity index (χ0v) is 17.0. The van der Waals surface area contributed by atoms with E-state index in [0.717, 1.165) is 17.5 Å². The molecule has 0 saturated carbocycles. The minimum Gasteiger partial charge on any atom is -0.490 e. The number of aryl methyl sites for hydroxylation is 1. The molecule has 0 aliphatic carbocycles. The normalized spacial score (nSPS) is 14.2. The number of ether oxygens (including phenoxy) is 3. The molecule has 152 valence electrons. The first-order valence-electron chi connectivity index (χ1n) is 9.28. The third-order valence-corrected chi connectivity index (χ3v) is 4.54. The molecule has 0 saturated heterocycles. The molecule has 1 aliphatic rings. The summed E-state index contributed by atoms with van der Waals surface area (Å²) >= 11 is 5.95. The topological polar surface area (TPSA) is 73.9 Å². The lowest BCUT2D eigenvalue weighted by Crippen LogP contribution is -2.29. The Morgan fingerprint density at radius 3 is 2.69 bits per heavy atom. The van der Waals surface area contributed by atoms with Gasteiger partial charge in [0.05, 0.1) is 13.2 Å². The summed E-state index contributed by atoms with van der Waals surface area (Å²) in [5.41, 5.74) is 2.20. The maximum absolute atomic E-state index is 12.3. The Bertz CT molecular complexity index is 941. The molecular weight excluding hydrogens is 394 g/mol. The Balaban J connectivity index is 1.57. The highest BCUT2D eigenvalue weighted by Crippen LogP contribution is 2.30. The fraction of sp³-hybridized carbons (Fsp3) is 0.273. The number of carbonyl (C=O) groups is 2. The third kappa shape index (κ3) is 5.74. The highest BCUT2D eigenvalue weighted by molar-refractivity contribution is 6.31. The summed E-state index contributed by atoms with van der Waals surface area (Å²) in [5, 5.41) is 3.22. The molecule has 1 aliphatic heterocycles. The van der Waals surface area contributed by atoms with Crippen LogP contribution >= 0.6 is 11.6 Å². The van der Waals surface area contributed by atoms with Gasteiger partial charge < -0.3 is 19.5 Å². The van der Waals surface area contributed by atoms with Crippen molar-refractivity contribution in [3.63, 3.8) is 0 Å². The quantitative estimate of drug-likeness (QED) is 0.579. The van der Waals surface area contributed by atoms with Crippen molar-refractivity contribution in [2.45, 2.75) is 26.4 Å². The molecule has 1 heterocycles. The van der Waals surface area contributed by atoms with Gasteiger partial charge in [-0.15, -0.1) is 0 Å². The van der Waals surface area contributed by atoms with Crippen molar-refractivity contribution in [1.29, 1.82) is 0 Å². The van der Waals surface area contributed by atoms with Crippen LogP contribution in [0.4, 0.5) is 5.69 Å². The molecule has 1 atom stereocenters. The number of amides is 1. The summed E-state index contributed by atoms with van der Waals surface area (Å²) in [5.74, 6) is 0.266. The van der Waals surface area contributed by atoms with E-state index in [1.54, 1.807) is 36.4 Å². The zero-order chi connectivity index (χ0) is 20.8. The molecule has 7 heteroatoms. The van der Waals surface area contributed by atoms with Crippen molar-refractivity contribution in [3.8, 4) is 11.5 Å². The second-order valence-corrected chi connectivity index (χ2v) is 7.05. The second-order valence-electron chi connectivity index (χ2n) is 6.62. The van der Waals surface area contributed by atoms with Crippen molar-refractivity contribution in [3.05, 3.63) is 58.6 Å². The van der Waals surface area contributed by atoms with E-state index in [4.69, 9.17) is 25.8 Å². The van der Waals surface area contributed by atoms with Gasteiger partial charge in [0.25, 0.3) is 5.91 Å². The van der Waals surface area contributed by atoms with Gasteiger partial charge in [-0.2, -0.15) is 0 Å². The lowest BCUT2D eigenvalue weighted by Gasteiger charge is -2.14. The van der Waals surface area contributed by atoms with Gasteiger partial charge in [0.15, 0.2) is 17.6 Å². The number of hydrogen-bond donors (Lipinski definition) is 1. The molecule has 0 bridgehead atoms. The van der Waals surface area contributed by atoms with Crippen molar-refractivity contribution < 1.29 is 23.8 Å². The molecule has 0 fully saturated rings. The number of benzene rings is 2. The molecule has 6 nitrogen and oxygen atoms in total. The number of nitrogens with one attached hydrogen (secondary N) is 1. The first-order valence-corrected chi connectivity index (χ1v) is 9.65. The van der Waals surface area contributed by atoms with Gasteiger partial charge in [-0.05, 0) is 55.3 Å². The van der Waals surface area contributed by atoms with Gasteiger partial charge in [-0.3, -0.25) is 4.79 Å². The van der Waals surface area contributed by atoms with E-state index in [1.807, 2.05) is 13.0 Å². The van der Waals surface area contributed by atoms with Crippen LogP contribution in [-0.2, 0) is 14.3 Å². The number of anilines is 1. The minimum absolute atomic E-state index is 0.437. The van der Waals surface area contributed by atoms with Crippen molar-refractivity contribution in [1.82, 2.24) is 0 Å². The van der Waals surface area contributed by atoms with Crippen molar-refractivity contribution in [2.24, 2.45) is 0 Å². The lowest BCUT2D eigenvalue weighted by molar-refractivity contribution is -0.148. The Hall–Kier alpha value is -2.99. The molecule has 29 heavy (non-hydrogen) atoms. The molecule has 2 aromatic carbocycles. The maximum atomic E-state index is 12.3. The molecule has 3 rings (SSSR count). The molecule has 0 aromatic heterocycles. The van der Waals surface area contributed by atoms with Crippen LogP contribution in [0.15, 0.2) is 42.5 Å². The van der Waals surface area contributed by atoms with E-state index in [1.165, 1.54) is 13.0 Å². The van der Waals surface area contributed by atoms with Gasteiger partial charge in [-0.1, -0.05) is 23.7 Å². The van der Waals surface area contributed by atoms with E-state index in [2.05, 4.69) is 5.32 Å². The number of fused-ring (bicyclic) bond motifs is 1. The van der Waals surface area contributed by atoms with Crippen molar-refractivity contribution in [2.75, 3.05) is 18.5 Å². The number of halogens is 1. The van der Waals surface area contributed by atoms with Crippen LogP contribution in [0.25, 0.3) is 6.08 Å². The van der Waals surface area contributed by atoms with Crippen LogP contribution in [0.3, 0.4) is 0 Å². The molecular formula is C22H22ClNO5. The number of esters is 1. The number of hydrogen-bond acceptors (Lipinski definition) is 5. The fourth-order valence-electron chi connectivity index (χ4n) is 2.68. The van der Waals surface area contributed by atoms with Gasteiger partial charge in [0.1, 0.15) is 0 Å². The van der Waals surface area contributed by atoms with Gasteiger partial charge >= 0.3 is 5.97 Å². The molecule has 1 amide bonds.